The normalized spacial score (nSPS) is 25.8. The maximum Gasteiger partial charge on any atom is 0.161 e. The van der Waals surface area contributed by atoms with Crippen LogP contribution in [0.15, 0.2) is 18.2 Å². The first-order chi connectivity index (χ1) is 11.7. The monoisotopic (exact) mass is 334 g/mol. The van der Waals surface area contributed by atoms with Gasteiger partial charge in [-0.25, -0.2) is 0 Å². The second kappa shape index (κ2) is 8.19. The molecule has 0 N–H and O–H groups in total. The van der Waals surface area contributed by atoms with Crippen LogP contribution in [0.4, 0.5) is 0 Å². The highest BCUT2D eigenvalue weighted by Gasteiger charge is 2.34. The van der Waals surface area contributed by atoms with Crippen LogP contribution in [0.25, 0.3) is 0 Å². The van der Waals surface area contributed by atoms with Crippen molar-refractivity contribution >= 4 is 0 Å². The molecule has 0 amide bonds. The maximum atomic E-state index is 5.70. The van der Waals surface area contributed by atoms with E-state index in [1.165, 1.54) is 5.56 Å². The molecule has 0 bridgehead atoms. The minimum Gasteiger partial charge on any atom is -0.493 e. The standard InChI is InChI=1S/C19H30N2O3/c1-4-24-19-11-16(5-6-18(19)22-3)13-20-12-15(2)17(14-20)21-7-9-23-10-8-21/h5-6,11,15,17H,4,7-10,12-14H2,1-3H3/t15-,17-/m1/s1. The van der Waals surface area contributed by atoms with Crippen molar-refractivity contribution in [1.29, 1.82) is 0 Å². The zero-order valence-electron chi connectivity index (χ0n) is 15.2. The highest BCUT2D eigenvalue weighted by molar-refractivity contribution is 5.43. The summed E-state index contributed by atoms with van der Waals surface area (Å²) in [6.07, 6.45) is 0. The zero-order valence-corrected chi connectivity index (χ0v) is 15.2. The van der Waals surface area contributed by atoms with Gasteiger partial charge in [0.2, 0.25) is 0 Å². The molecule has 0 radical (unpaired) electrons. The summed E-state index contributed by atoms with van der Waals surface area (Å²) in [5.41, 5.74) is 1.29. The largest absolute Gasteiger partial charge is 0.493 e. The van der Waals surface area contributed by atoms with Gasteiger partial charge >= 0.3 is 0 Å². The third-order valence-corrected chi connectivity index (χ3v) is 5.10. The highest BCUT2D eigenvalue weighted by Crippen LogP contribution is 2.30. The van der Waals surface area contributed by atoms with E-state index in [1.54, 1.807) is 7.11 Å². The summed E-state index contributed by atoms with van der Waals surface area (Å²) in [5, 5.41) is 0. The molecule has 3 rings (SSSR count). The van der Waals surface area contributed by atoms with Crippen molar-refractivity contribution < 1.29 is 14.2 Å². The lowest BCUT2D eigenvalue weighted by Crippen LogP contribution is -2.46. The Labute approximate surface area is 145 Å². The van der Waals surface area contributed by atoms with Crippen LogP contribution < -0.4 is 9.47 Å². The Bertz CT molecular complexity index is 531. The van der Waals surface area contributed by atoms with Gasteiger partial charge in [0.15, 0.2) is 11.5 Å². The van der Waals surface area contributed by atoms with Crippen LogP contribution in [0.5, 0.6) is 11.5 Å². The fourth-order valence-corrected chi connectivity index (χ4v) is 3.91. The second-order valence-corrected chi connectivity index (χ2v) is 6.81. The number of benzene rings is 1. The Morgan fingerprint density at radius 2 is 1.96 bits per heavy atom. The second-order valence-electron chi connectivity index (χ2n) is 6.81. The van der Waals surface area contributed by atoms with Crippen molar-refractivity contribution in [3.63, 3.8) is 0 Å². The van der Waals surface area contributed by atoms with Gasteiger partial charge in [-0.2, -0.15) is 0 Å². The maximum absolute atomic E-state index is 5.70. The average Bonchev–Trinajstić information content (AvgIpc) is 2.96. The first kappa shape index (κ1) is 17.5. The Hall–Kier alpha value is -1.30. The van der Waals surface area contributed by atoms with Crippen LogP contribution in [0.2, 0.25) is 0 Å². The highest BCUT2D eigenvalue weighted by atomic mass is 16.5. The van der Waals surface area contributed by atoms with E-state index in [2.05, 4.69) is 28.9 Å². The molecule has 0 aromatic heterocycles. The molecule has 2 aliphatic rings. The summed E-state index contributed by atoms with van der Waals surface area (Å²) in [6, 6.07) is 6.93. The van der Waals surface area contributed by atoms with Crippen LogP contribution in [0.3, 0.4) is 0 Å². The van der Waals surface area contributed by atoms with E-state index in [-0.39, 0.29) is 0 Å². The van der Waals surface area contributed by atoms with Gasteiger partial charge in [-0.3, -0.25) is 9.80 Å². The van der Waals surface area contributed by atoms with Gasteiger partial charge in [-0.15, -0.1) is 0 Å². The molecule has 2 aliphatic heterocycles. The number of hydrogen-bond donors (Lipinski definition) is 0. The molecule has 0 saturated carbocycles. The molecule has 5 nitrogen and oxygen atoms in total. The molecule has 0 spiro atoms. The summed E-state index contributed by atoms with van der Waals surface area (Å²) in [7, 11) is 1.69. The van der Waals surface area contributed by atoms with Crippen molar-refractivity contribution in [2.45, 2.75) is 26.4 Å². The molecule has 2 atom stereocenters. The van der Waals surface area contributed by atoms with Crippen LogP contribution in [0, 0.1) is 5.92 Å². The fourth-order valence-electron chi connectivity index (χ4n) is 3.91. The molecule has 2 fully saturated rings. The molecular weight excluding hydrogens is 304 g/mol. The Morgan fingerprint density at radius 1 is 1.17 bits per heavy atom. The summed E-state index contributed by atoms with van der Waals surface area (Å²) in [4.78, 5) is 5.16. The van der Waals surface area contributed by atoms with E-state index in [0.717, 1.165) is 57.4 Å². The molecule has 2 heterocycles. The van der Waals surface area contributed by atoms with Crippen LogP contribution in [0.1, 0.15) is 19.4 Å². The van der Waals surface area contributed by atoms with Crippen molar-refractivity contribution in [1.82, 2.24) is 9.80 Å². The third-order valence-electron chi connectivity index (χ3n) is 5.10. The van der Waals surface area contributed by atoms with Crippen molar-refractivity contribution in [2.75, 3.05) is 53.1 Å². The van der Waals surface area contributed by atoms with Crippen molar-refractivity contribution in [3.05, 3.63) is 23.8 Å². The Morgan fingerprint density at radius 3 is 2.67 bits per heavy atom. The van der Waals surface area contributed by atoms with E-state index in [9.17, 15) is 0 Å². The van der Waals surface area contributed by atoms with Gasteiger partial charge in [0, 0.05) is 38.8 Å². The van der Waals surface area contributed by atoms with E-state index >= 15 is 0 Å². The molecule has 5 heteroatoms. The van der Waals surface area contributed by atoms with Crippen LogP contribution >= 0.6 is 0 Å². The number of hydrogen-bond acceptors (Lipinski definition) is 5. The molecule has 134 valence electrons. The molecule has 1 aromatic carbocycles. The van der Waals surface area contributed by atoms with Gasteiger partial charge in [0.1, 0.15) is 0 Å². The molecule has 0 aliphatic carbocycles. The number of methoxy groups -OCH3 is 1. The first-order valence-corrected chi connectivity index (χ1v) is 9.05. The first-order valence-electron chi connectivity index (χ1n) is 9.05. The summed E-state index contributed by atoms with van der Waals surface area (Å²) < 4.78 is 16.6. The predicted molar refractivity (Wildman–Crippen MR) is 94.8 cm³/mol. The molecule has 24 heavy (non-hydrogen) atoms. The van der Waals surface area contributed by atoms with Crippen LogP contribution in [-0.4, -0.2) is 69.0 Å². The third kappa shape index (κ3) is 4.02. The predicted octanol–water partition coefficient (Wildman–Crippen LogP) is 2.25. The number of rotatable bonds is 6. The minimum atomic E-state index is 0.651. The fraction of sp³-hybridized carbons (Fsp3) is 0.684. The number of nitrogens with zero attached hydrogens (tertiary/aromatic N) is 2. The number of likely N-dealkylation sites (tertiary alicyclic amines) is 1. The summed E-state index contributed by atoms with van der Waals surface area (Å²) >= 11 is 0. The Kier molecular flexibility index (Phi) is 5.98. The molecule has 0 unspecified atom stereocenters. The average molecular weight is 334 g/mol. The molecule has 2 saturated heterocycles. The van der Waals surface area contributed by atoms with Gasteiger partial charge in [0.25, 0.3) is 0 Å². The van der Waals surface area contributed by atoms with Crippen molar-refractivity contribution in [3.8, 4) is 11.5 Å². The van der Waals surface area contributed by atoms with E-state index in [1.807, 2.05) is 13.0 Å². The van der Waals surface area contributed by atoms with Gasteiger partial charge in [-0.05, 0) is 30.5 Å². The van der Waals surface area contributed by atoms with Crippen molar-refractivity contribution in [2.24, 2.45) is 5.92 Å². The van der Waals surface area contributed by atoms with Crippen LogP contribution in [-0.2, 0) is 11.3 Å². The SMILES string of the molecule is CCOc1cc(CN2C[C@@H](C)[C@H](N3CCOCC3)C2)ccc1OC. The molecular formula is C19H30N2O3. The van der Waals surface area contributed by atoms with Gasteiger partial charge < -0.3 is 14.2 Å². The van der Waals surface area contributed by atoms with Gasteiger partial charge in [-0.1, -0.05) is 13.0 Å². The smallest absolute Gasteiger partial charge is 0.161 e. The van der Waals surface area contributed by atoms with E-state index < -0.39 is 0 Å². The lowest BCUT2D eigenvalue weighted by Gasteiger charge is -2.34. The van der Waals surface area contributed by atoms with E-state index in [0.29, 0.717) is 18.6 Å². The minimum absolute atomic E-state index is 0.651. The summed E-state index contributed by atoms with van der Waals surface area (Å²) in [5.74, 6) is 2.35. The zero-order chi connectivity index (χ0) is 16.9. The topological polar surface area (TPSA) is 34.2 Å². The number of morpholine rings is 1. The lowest BCUT2D eigenvalue weighted by molar-refractivity contribution is 0.0118. The lowest BCUT2D eigenvalue weighted by atomic mass is 10.0. The van der Waals surface area contributed by atoms with E-state index in [4.69, 9.17) is 14.2 Å². The van der Waals surface area contributed by atoms with Gasteiger partial charge in [0.05, 0.1) is 26.9 Å². The number of ether oxygens (including phenoxy) is 3. The summed E-state index contributed by atoms with van der Waals surface area (Å²) in [6.45, 7) is 12.2. The Balaban J connectivity index is 1.63. The molecule has 1 aromatic rings. The quantitative estimate of drug-likeness (QED) is 0.797.